The van der Waals surface area contributed by atoms with Gasteiger partial charge in [-0.3, -0.25) is 24.0 Å². The van der Waals surface area contributed by atoms with Crippen molar-refractivity contribution in [1.82, 2.24) is 20.2 Å². The molecule has 4 bridgehead atoms. The Balaban J connectivity index is 1.35. The zero-order chi connectivity index (χ0) is 49.8. The molecule has 2 heterocycles. The molecule has 1 fully saturated rings. The first-order valence-electron chi connectivity index (χ1n) is 24.3. The first-order valence-corrected chi connectivity index (χ1v) is 24.3. The maximum absolute atomic E-state index is 14.9. The van der Waals surface area contributed by atoms with Crippen molar-refractivity contribution in [2.45, 2.75) is 116 Å². The largest absolute Gasteiger partial charge is 0.492 e. The summed E-state index contributed by atoms with van der Waals surface area (Å²) in [7, 11) is 1.51. The van der Waals surface area contributed by atoms with Crippen molar-refractivity contribution in [3.8, 4) is 40.1 Å². The normalized spacial score (nSPS) is 18.0. The Morgan fingerprint density at radius 3 is 2.13 bits per heavy atom. The molecule has 2 amide bonds. The summed E-state index contributed by atoms with van der Waals surface area (Å²) < 4.78 is 12.3. The first kappa shape index (κ1) is 52.0. The third-order valence-electron chi connectivity index (χ3n) is 13.5. The van der Waals surface area contributed by atoms with Gasteiger partial charge in [-0.1, -0.05) is 63.1 Å². The van der Waals surface area contributed by atoms with Crippen LogP contribution < -0.4 is 32.0 Å². The third kappa shape index (κ3) is 12.5. The molecule has 1 aromatic heterocycles. The van der Waals surface area contributed by atoms with Crippen LogP contribution in [0.1, 0.15) is 123 Å². The molecule has 7 N–H and O–H groups in total. The van der Waals surface area contributed by atoms with Gasteiger partial charge in [0.05, 0.1) is 29.1 Å². The molecule has 6 rings (SSSR count). The van der Waals surface area contributed by atoms with Crippen LogP contribution in [0.4, 0.5) is 0 Å². The number of rotatable bonds is 21. The van der Waals surface area contributed by atoms with Gasteiger partial charge in [-0.05, 0) is 98.9 Å². The second-order valence-electron chi connectivity index (χ2n) is 18.6. The number of nitrogens with one attached hydrogen (secondary N) is 1. The predicted molar refractivity (Wildman–Crippen MR) is 264 cm³/mol. The van der Waals surface area contributed by atoms with Gasteiger partial charge in [0.1, 0.15) is 30.8 Å². The minimum absolute atomic E-state index is 0.0300. The summed E-state index contributed by atoms with van der Waals surface area (Å²) in [6.45, 7) is 8.21. The van der Waals surface area contributed by atoms with Crippen molar-refractivity contribution < 1.29 is 33.4 Å². The van der Waals surface area contributed by atoms with E-state index in [1.54, 1.807) is 51.1 Å². The predicted octanol–water partition coefficient (Wildman–Crippen LogP) is 6.57. The van der Waals surface area contributed by atoms with Gasteiger partial charge < -0.3 is 36.9 Å². The zero-order valence-corrected chi connectivity index (χ0v) is 40.8. The molecule has 69 heavy (non-hydrogen) atoms. The maximum Gasteiger partial charge on any atom is 0.226 e. The minimum Gasteiger partial charge on any atom is -0.492 e. The molecule has 0 unspecified atom stereocenters. The SMILES string of the molecule is CCCCC1(c2ccc(-c3nc(C)c(C(=O)C[C@@H](CCN)C(=O)N(C)[C@@H]4C(=O)C[C@@H](C)C(=O)N[C@H](C(=O)CCC#N)Cc5ccc(OCCN)c(c5)-c5cc4ccc5OCCN)c(C)n3)cc2)CC1. The van der Waals surface area contributed by atoms with E-state index < -0.39 is 41.5 Å². The molecule has 1 saturated carbocycles. The fourth-order valence-electron chi connectivity index (χ4n) is 9.54. The molecule has 15 heteroatoms. The van der Waals surface area contributed by atoms with E-state index in [0.29, 0.717) is 56.5 Å². The fourth-order valence-corrected chi connectivity index (χ4v) is 9.54. The van der Waals surface area contributed by atoms with Crippen molar-refractivity contribution in [1.29, 1.82) is 5.26 Å². The number of ether oxygens (including phenoxy) is 2. The highest BCUT2D eigenvalue weighted by Gasteiger charge is 2.43. The number of amides is 2. The monoisotopic (exact) mass is 941 g/mol. The highest BCUT2D eigenvalue weighted by Crippen LogP contribution is 2.52. The molecule has 15 nitrogen and oxygen atoms in total. The van der Waals surface area contributed by atoms with E-state index in [-0.39, 0.29) is 88.4 Å². The molecule has 0 radical (unpaired) electrons. The van der Waals surface area contributed by atoms with Gasteiger partial charge >= 0.3 is 0 Å². The highest BCUT2D eigenvalue weighted by atomic mass is 16.5. The molecule has 0 saturated heterocycles. The van der Waals surface area contributed by atoms with Crippen LogP contribution in [0.25, 0.3) is 22.5 Å². The Morgan fingerprint density at radius 2 is 1.54 bits per heavy atom. The lowest BCUT2D eigenvalue weighted by atomic mass is 9.88. The first-order chi connectivity index (χ1) is 33.2. The Bertz CT molecular complexity index is 2530. The Morgan fingerprint density at radius 1 is 0.899 bits per heavy atom. The molecule has 4 aromatic rings. The minimum atomic E-state index is -1.24. The standard InChI is InChI=1S/C54H68N8O7/c1-6-7-19-54(20-21-54)40-14-11-37(12-15-40)51-59-34(3)49(35(4)60-51)45(64)32-39(18-23-56)53(67)62(5)50-38-13-17-48(69-27-25-58)42(31-38)41-29-36(10-16-47(41)68-26-24-57)30-43(44(63)9-8-22-55)61-52(66)33(2)28-46(50)65/h10-17,29,31,33,39,43,50H,6-9,18-21,23-28,30,32,56-58H2,1-5H3,(H,61,66)/t33-,39-,43+,50+/m1/s1. The lowest BCUT2D eigenvalue weighted by Crippen LogP contribution is -2.46. The number of benzene rings is 3. The topological polar surface area (TPSA) is 247 Å². The molecule has 366 valence electrons. The lowest BCUT2D eigenvalue weighted by Gasteiger charge is -2.32. The maximum atomic E-state index is 14.9. The van der Waals surface area contributed by atoms with E-state index in [9.17, 15) is 29.2 Å². The van der Waals surface area contributed by atoms with Crippen LogP contribution in [0.15, 0.2) is 60.7 Å². The molecular weight excluding hydrogens is 873 g/mol. The zero-order valence-electron chi connectivity index (χ0n) is 40.8. The van der Waals surface area contributed by atoms with Gasteiger partial charge in [0.15, 0.2) is 23.2 Å². The van der Waals surface area contributed by atoms with E-state index >= 15 is 0 Å². The van der Waals surface area contributed by atoms with Gasteiger partial charge in [0, 0.05) is 74.3 Å². The highest BCUT2D eigenvalue weighted by molar-refractivity contribution is 6.01. The molecule has 1 aliphatic carbocycles. The van der Waals surface area contributed by atoms with Crippen molar-refractivity contribution in [2.75, 3.05) is 39.9 Å². The van der Waals surface area contributed by atoms with Gasteiger partial charge in [-0.15, -0.1) is 0 Å². The quantitative estimate of drug-likeness (QED) is 0.0647. The number of aryl methyl sites for hydroxylation is 2. The average molecular weight is 941 g/mol. The molecular formula is C54H68N8O7. The van der Waals surface area contributed by atoms with E-state index in [2.05, 4.69) is 36.5 Å². The number of nitrogens with two attached hydrogens (primary N) is 3. The van der Waals surface area contributed by atoms with Gasteiger partial charge in [0.2, 0.25) is 11.8 Å². The van der Waals surface area contributed by atoms with Gasteiger partial charge in [-0.2, -0.15) is 5.26 Å². The summed E-state index contributed by atoms with van der Waals surface area (Å²) in [5.41, 5.74) is 23.8. The Kier molecular flexibility index (Phi) is 17.9. The second-order valence-corrected chi connectivity index (χ2v) is 18.6. The summed E-state index contributed by atoms with van der Waals surface area (Å²) in [4.78, 5) is 82.3. The van der Waals surface area contributed by atoms with Crippen molar-refractivity contribution >= 4 is 29.2 Å². The number of likely N-dealkylation sites (N-methyl/N-ethyl adjacent to an activating group) is 1. The van der Waals surface area contributed by atoms with Crippen LogP contribution in [-0.2, 0) is 31.0 Å². The lowest BCUT2D eigenvalue weighted by molar-refractivity contribution is -0.142. The summed E-state index contributed by atoms with van der Waals surface area (Å²) in [6.07, 6.45) is 5.58. The second kappa shape index (κ2) is 23.8. The Hall–Kier alpha value is -6.34. The molecule has 1 aliphatic heterocycles. The summed E-state index contributed by atoms with van der Waals surface area (Å²) in [5.74, 6) is -2.61. The van der Waals surface area contributed by atoms with E-state index in [0.717, 1.165) is 5.56 Å². The van der Waals surface area contributed by atoms with Crippen LogP contribution in [0, 0.1) is 37.0 Å². The van der Waals surface area contributed by atoms with Gasteiger partial charge in [0.25, 0.3) is 0 Å². The van der Waals surface area contributed by atoms with Crippen molar-refractivity contribution in [3.05, 3.63) is 94.3 Å². The summed E-state index contributed by atoms with van der Waals surface area (Å²) >= 11 is 0. The Labute approximate surface area is 405 Å². The third-order valence-corrected chi connectivity index (χ3v) is 13.5. The van der Waals surface area contributed by atoms with E-state index in [1.165, 1.54) is 49.6 Å². The number of Topliss-reactive ketones (excluding diaryl/α,β-unsaturated/α-hetero) is 3. The van der Waals surface area contributed by atoms with Crippen LogP contribution in [0.2, 0.25) is 0 Å². The molecule has 3 aromatic carbocycles. The van der Waals surface area contributed by atoms with E-state index in [1.807, 2.05) is 12.1 Å². The number of hydrogen-bond acceptors (Lipinski definition) is 13. The fraction of sp³-hybridized carbons (Fsp3) is 0.481. The number of ketones is 3. The van der Waals surface area contributed by atoms with E-state index in [4.69, 9.17) is 36.6 Å². The van der Waals surface area contributed by atoms with Crippen LogP contribution in [0.5, 0.6) is 11.5 Å². The summed E-state index contributed by atoms with van der Waals surface area (Å²) in [5, 5.41) is 12.1. The van der Waals surface area contributed by atoms with Crippen molar-refractivity contribution in [2.24, 2.45) is 29.0 Å². The smallest absolute Gasteiger partial charge is 0.226 e. The number of aromatic nitrogens is 2. The van der Waals surface area contributed by atoms with Gasteiger partial charge in [-0.25, -0.2) is 9.97 Å². The molecule has 2 aliphatic rings. The number of nitrogens with zero attached hydrogens (tertiary/aromatic N) is 4. The van der Waals surface area contributed by atoms with Crippen LogP contribution in [-0.4, -0.2) is 90.0 Å². The van der Waals surface area contributed by atoms with Crippen LogP contribution >= 0.6 is 0 Å². The number of carbonyl (C=O) groups excluding carboxylic acids is 5. The number of unbranched alkanes of at least 4 members (excludes halogenated alkanes) is 1. The summed E-state index contributed by atoms with van der Waals surface area (Å²) in [6, 6.07) is 18.7. The number of fused-ring (bicyclic) bond motifs is 5. The number of nitriles is 1. The van der Waals surface area contributed by atoms with Crippen molar-refractivity contribution in [3.63, 3.8) is 0 Å². The number of hydrogen-bond donors (Lipinski definition) is 4. The molecule has 0 spiro atoms. The number of carbonyl (C=O) groups is 5. The van der Waals surface area contributed by atoms with Crippen LogP contribution in [0.3, 0.4) is 0 Å². The molecule has 4 atom stereocenters. The average Bonchev–Trinajstić information content (AvgIpc) is 4.14.